The van der Waals surface area contributed by atoms with Gasteiger partial charge in [-0.2, -0.15) is 0 Å². The van der Waals surface area contributed by atoms with E-state index in [-0.39, 0.29) is 23.2 Å². The van der Waals surface area contributed by atoms with Crippen molar-refractivity contribution in [2.24, 2.45) is 0 Å². The smallest absolute Gasteiger partial charge is 0.337 e. The number of amides is 1. The van der Waals surface area contributed by atoms with Crippen LogP contribution in [0, 0.1) is 11.6 Å². The number of nitrogens with one attached hydrogen (secondary N) is 2. The molecule has 0 saturated carbocycles. The number of likely N-dealkylation sites (tertiary alicyclic amines) is 1. The summed E-state index contributed by atoms with van der Waals surface area (Å²) in [6.45, 7) is 1.76. The molecule has 2 fully saturated rings. The number of hydrogen-bond acceptors (Lipinski definition) is 6. The molecule has 2 N–H and O–H groups in total. The van der Waals surface area contributed by atoms with Gasteiger partial charge in [-0.15, -0.1) is 0 Å². The highest BCUT2D eigenvalue weighted by molar-refractivity contribution is 6.06. The van der Waals surface area contributed by atoms with Gasteiger partial charge in [0.2, 0.25) is 0 Å². The van der Waals surface area contributed by atoms with Crippen LogP contribution >= 0.6 is 0 Å². The zero-order valence-electron chi connectivity index (χ0n) is 21.6. The minimum absolute atomic E-state index is 0.00804. The predicted octanol–water partition coefficient (Wildman–Crippen LogP) is 3.60. The van der Waals surface area contributed by atoms with Gasteiger partial charge in [0.05, 0.1) is 30.4 Å². The molecule has 5 rings (SSSR count). The van der Waals surface area contributed by atoms with Crippen molar-refractivity contribution in [2.45, 2.75) is 55.9 Å². The molecule has 1 amide bonds. The minimum Gasteiger partial charge on any atom is -0.466 e. The van der Waals surface area contributed by atoms with E-state index in [1.165, 1.54) is 19.2 Å². The molecular formula is C29H33F2N3O4. The summed E-state index contributed by atoms with van der Waals surface area (Å²) < 4.78 is 39.9. The maximum absolute atomic E-state index is 14.1. The van der Waals surface area contributed by atoms with Crippen LogP contribution < -0.4 is 10.6 Å². The molecule has 38 heavy (non-hydrogen) atoms. The van der Waals surface area contributed by atoms with Gasteiger partial charge in [0.25, 0.3) is 5.91 Å². The molecule has 3 unspecified atom stereocenters. The summed E-state index contributed by atoms with van der Waals surface area (Å²) >= 11 is 0. The van der Waals surface area contributed by atoms with Gasteiger partial charge in [0.15, 0.2) is 0 Å². The Bertz CT molecular complexity index is 1210. The lowest BCUT2D eigenvalue weighted by Gasteiger charge is -2.37. The van der Waals surface area contributed by atoms with Crippen molar-refractivity contribution >= 4 is 17.6 Å². The molecule has 3 heterocycles. The Morgan fingerprint density at radius 3 is 2.45 bits per heavy atom. The van der Waals surface area contributed by atoms with E-state index < -0.39 is 35.4 Å². The van der Waals surface area contributed by atoms with Gasteiger partial charge >= 0.3 is 5.97 Å². The van der Waals surface area contributed by atoms with Gasteiger partial charge in [0.1, 0.15) is 17.2 Å². The number of carbonyl (C=O) groups is 2. The lowest BCUT2D eigenvalue weighted by Crippen LogP contribution is -2.51. The average Bonchev–Trinajstić information content (AvgIpc) is 3.47. The molecule has 0 radical (unpaired) electrons. The van der Waals surface area contributed by atoms with E-state index in [4.69, 9.17) is 9.47 Å². The van der Waals surface area contributed by atoms with Crippen molar-refractivity contribution in [3.8, 4) is 0 Å². The number of piperidine rings is 1. The fourth-order valence-electron chi connectivity index (χ4n) is 6.01. The molecule has 3 atom stereocenters. The van der Waals surface area contributed by atoms with E-state index in [0.29, 0.717) is 24.8 Å². The highest BCUT2D eigenvalue weighted by atomic mass is 19.1. The van der Waals surface area contributed by atoms with Crippen molar-refractivity contribution in [3.05, 3.63) is 76.9 Å². The lowest BCUT2D eigenvalue weighted by molar-refractivity contribution is -0.138. The highest BCUT2D eigenvalue weighted by Gasteiger charge is 2.60. The number of fused-ring (bicyclic) bond motifs is 2. The van der Waals surface area contributed by atoms with Crippen LogP contribution in [0.2, 0.25) is 0 Å². The van der Waals surface area contributed by atoms with E-state index in [0.717, 1.165) is 37.6 Å². The summed E-state index contributed by atoms with van der Waals surface area (Å²) in [6, 6.07) is 12.2. The molecule has 202 valence electrons. The summed E-state index contributed by atoms with van der Waals surface area (Å²) in [5, 5.41) is 6.35. The van der Waals surface area contributed by atoms with Crippen LogP contribution in [0.25, 0.3) is 0 Å². The first-order chi connectivity index (χ1) is 18.3. The summed E-state index contributed by atoms with van der Waals surface area (Å²) in [7, 11) is 3.33. The molecule has 0 aliphatic carbocycles. The van der Waals surface area contributed by atoms with Crippen LogP contribution in [0.15, 0.2) is 59.7 Å². The Labute approximate surface area is 221 Å². The number of esters is 1. The molecule has 9 heteroatoms. The van der Waals surface area contributed by atoms with Crippen LogP contribution in [0.1, 0.15) is 31.2 Å². The Morgan fingerprint density at radius 1 is 1.11 bits per heavy atom. The largest absolute Gasteiger partial charge is 0.466 e. The Hall–Kier alpha value is -3.30. The van der Waals surface area contributed by atoms with Crippen LogP contribution in [0.5, 0.6) is 0 Å². The summed E-state index contributed by atoms with van der Waals surface area (Å²) in [6.07, 6.45) is 2.46. The number of benzene rings is 2. The average molecular weight is 526 g/mol. The number of halogens is 2. The lowest BCUT2D eigenvalue weighted by atomic mass is 9.75. The summed E-state index contributed by atoms with van der Waals surface area (Å²) in [4.78, 5) is 29.1. The van der Waals surface area contributed by atoms with Gasteiger partial charge in [0, 0.05) is 17.8 Å². The third-order valence-corrected chi connectivity index (χ3v) is 7.88. The maximum Gasteiger partial charge on any atom is 0.337 e. The van der Waals surface area contributed by atoms with E-state index in [1.54, 1.807) is 0 Å². The van der Waals surface area contributed by atoms with Gasteiger partial charge in [-0.25, -0.2) is 13.6 Å². The van der Waals surface area contributed by atoms with E-state index in [2.05, 4.69) is 15.5 Å². The molecule has 0 aromatic heterocycles. The van der Waals surface area contributed by atoms with Gasteiger partial charge < -0.3 is 25.0 Å². The maximum atomic E-state index is 14.1. The first-order valence-electron chi connectivity index (χ1n) is 13.1. The van der Waals surface area contributed by atoms with Gasteiger partial charge in [-0.3, -0.25) is 4.79 Å². The zero-order valence-corrected chi connectivity index (χ0v) is 21.6. The molecule has 3 aliphatic heterocycles. The molecule has 2 aromatic rings. The third kappa shape index (κ3) is 5.17. The minimum atomic E-state index is -1.21. The van der Waals surface area contributed by atoms with Crippen LogP contribution in [-0.2, 0) is 25.5 Å². The Balaban J connectivity index is 1.53. The second-order valence-electron chi connectivity index (χ2n) is 10.4. The molecular weight excluding hydrogens is 492 g/mol. The van der Waals surface area contributed by atoms with Gasteiger partial charge in [-0.1, -0.05) is 30.3 Å². The summed E-state index contributed by atoms with van der Waals surface area (Å²) in [5.41, 5.74) is 0.435. The highest BCUT2D eigenvalue weighted by Crippen LogP contribution is 2.51. The van der Waals surface area contributed by atoms with E-state index >= 15 is 0 Å². The van der Waals surface area contributed by atoms with Crippen LogP contribution in [-0.4, -0.2) is 67.8 Å². The normalized spacial score (nSPS) is 24.4. The molecule has 2 aromatic carbocycles. The Kier molecular flexibility index (Phi) is 7.49. The number of hydrogen-bond donors (Lipinski definition) is 2. The number of nitrogens with zero attached hydrogens (tertiary/aromatic N) is 1. The van der Waals surface area contributed by atoms with Crippen molar-refractivity contribution in [1.29, 1.82) is 0 Å². The fourth-order valence-corrected chi connectivity index (χ4v) is 6.01. The molecule has 2 saturated heterocycles. The predicted molar refractivity (Wildman–Crippen MR) is 138 cm³/mol. The first-order valence-corrected chi connectivity index (χ1v) is 13.1. The SMILES string of the molecule is COC(=O)C1=C(C(=O)NC2CCN(C)CC2)C2CCC1(C(Cc1ccccc1)Nc1cc(F)cc(F)c1)O2. The summed E-state index contributed by atoms with van der Waals surface area (Å²) in [5.74, 6) is -2.39. The fraction of sp³-hybridized carbons (Fsp3) is 0.448. The van der Waals surface area contributed by atoms with Crippen LogP contribution in [0.4, 0.5) is 14.5 Å². The number of anilines is 1. The molecule has 2 bridgehead atoms. The topological polar surface area (TPSA) is 79.9 Å². The van der Waals surface area contributed by atoms with Crippen LogP contribution in [0.3, 0.4) is 0 Å². The third-order valence-electron chi connectivity index (χ3n) is 7.88. The molecule has 0 spiro atoms. The molecule has 3 aliphatic rings. The monoisotopic (exact) mass is 525 g/mol. The first kappa shape index (κ1) is 26.3. The number of ether oxygens (including phenoxy) is 2. The molecule has 7 nitrogen and oxygen atoms in total. The number of carbonyl (C=O) groups excluding carboxylic acids is 2. The number of methoxy groups -OCH3 is 1. The van der Waals surface area contributed by atoms with E-state index in [1.807, 2.05) is 37.4 Å². The zero-order chi connectivity index (χ0) is 26.9. The van der Waals surface area contributed by atoms with Crippen molar-refractivity contribution in [3.63, 3.8) is 0 Å². The quantitative estimate of drug-likeness (QED) is 0.513. The van der Waals surface area contributed by atoms with Crippen molar-refractivity contribution < 1.29 is 27.8 Å². The van der Waals surface area contributed by atoms with Crippen molar-refractivity contribution in [2.75, 3.05) is 32.6 Å². The number of rotatable bonds is 8. The second-order valence-corrected chi connectivity index (χ2v) is 10.4. The second kappa shape index (κ2) is 10.8. The van der Waals surface area contributed by atoms with Crippen molar-refractivity contribution in [1.82, 2.24) is 10.2 Å². The van der Waals surface area contributed by atoms with Gasteiger partial charge in [-0.05, 0) is 69.9 Å². The standard InChI is InChI=1S/C29H33F2N3O4/c1-34-12-9-21(10-13-34)33-27(35)25-23-8-11-29(38-23,26(25)28(36)37-2)24(14-18-6-4-3-5-7-18)32-22-16-19(30)15-20(31)17-22/h3-7,15-17,21,23-24,32H,8-14H2,1-2H3,(H,33,35). The Morgan fingerprint density at radius 2 is 1.79 bits per heavy atom. The van der Waals surface area contributed by atoms with E-state index in [9.17, 15) is 18.4 Å².